The Labute approximate surface area is 187 Å². The van der Waals surface area contributed by atoms with Crippen LogP contribution in [0.1, 0.15) is 17.6 Å². The third-order valence-electron chi connectivity index (χ3n) is 4.43. The molecular formula is C19H26ClIN4O3. The van der Waals surface area contributed by atoms with Gasteiger partial charge in [-0.05, 0) is 37.3 Å². The van der Waals surface area contributed by atoms with Crippen LogP contribution in [0.25, 0.3) is 0 Å². The lowest BCUT2D eigenvalue weighted by Crippen LogP contribution is -2.40. The number of guanidine groups is 1. The van der Waals surface area contributed by atoms with Crippen molar-refractivity contribution in [3.05, 3.63) is 46.9 Å². The molecule has 1 aliphatic rings. The number of rotatable bonds is 6. The Morgan fingerprint density at radius 2 is 2.07 bits per heavy atom. The molecular weight excluding hydrogens is 495 g/mol. The summed E-state index contributed by atoms with van der Waals surface area (Å²) in [6.07, 6.45) is 0. The molecule has 0 saturated carbocycles. The van der Waals surface area contributed by atoms with Crippen molar-refractivity contribution in [2.24, 2.45) is 10.7 Å². The Morgan fingerprint density at radius 1 is 1.32 bits per heavy atom. The quantitative estimate of drug-likeness (QED) is 0.343. The van der Waals surface area contributed by atoms with Crippen LogP contribution < -0.4 is 15.8 Å². The van der Waals surface area contributed by atoms with Crippen molar-refractivity contribution in [1.82, 2.24) is 4.90 Å². The van der Waals surface area contributed by atoms with Crippen molar-refractivity contribution < 1.29 is 13.9 Å². The maximum atomic E-state index is 6.15. The molecule has 1 unspecified atom stereocenters. The Morgan fingerprint density at radius 3 is 2.68 bits per heavy atom. The monoisotopic (exact) mass is 520 g/mol. The van der Waals surface area contributed by atoms with Crippen molar-refractivity contribution in [2.45, 2.75) is 13.0 Å². The number of nitrogens with two attached hydrogens (primary N) is 1. The van der Waals surface area contributed by atoms with Gasteiger partial charge in [0.1, 0.15) is 17.3 Å². The van der Waals surface area contributed by atoms with Crippen LogP contribution in [0.3, 0.4) is 0 Å². The van der Waals surface area contributed by atoms with Gasteiger partial charge in [0.15, 0.2) is 5.96 Å². The zero-order valence-corrected chi connectivity index (χ0v) is 19.1. The number of hydrogen-bond acceptors (Lipinski definition) is 5. The van der Waals surface area contributed by atoms with Gasteiger partial charge in [0, 0.05) is 18.8 Å². The Balaban J connectivity index is 0.00000280. The van der Waals surface area contributed by atoms with E-state index in [4.69, 9.17) is 31.2 Å². The third kappa shape index (κ3) is 6.00. The number of methoxy groups -OCH3 is 1. The Hall–Kier alpha value is -1.49. The molecule has 2 heterocycles. The molecule has 0 amide bonds. The van der Waals surface area contributed by atoms with E-state index in [-0.39, 0.29) is 30.0 Å². The number of hydrogen-bond donors (Lipinski definition) is 2. The van der Waals surface area contributed by atoms with Gasteiger partial charge < -0.3 is 24.9 Å². The number of anilines is 1. The average Bonchev–Trinajstić information content (AvgIpc) is 3.09. The van der Waals surface area contributed by atoms with Crippen molar-refractivity contribution >= 4 is 47.2 Å². The van der Waals surface area contributed by atoms with E-state index in [1.807, 2.05) is 25.1 Å². The fourth-order valence-corrected chi connectivity index (χ4v) is 3.28. The standard InChI is InChI=1S/C19H25ClN4O3.HI/c1-13-3-5-18(27-13)16(24-7-9-26-10-8-24)12-22-19(21)23-14-4-6-17(25-2)15(20)11-14;/h3-6,11,16H,7-10,12H2,1-2H3,(H3,21,22,23);1H. The molecule has 1 fully saturated rings. The minimum absolute atomic E-state index is 0. The molecule has 1 aromatic heterocycles. The number of aliphatic imine (C=N–C) groups is 1. The van der Waals surface area contributed by atoms with Crippen molar-refractivity contribution in [3.8, 4) is 5.75 Å². The highest BCUT2D eigenvalue weighted by Crippen LogP contribution is 2.27. The summed E-state index contributed by atoms with van der Waals surface area (Å²) in [5.41, 5.74) is 6.83. The zero-order valence-electron chi connectivity index (χ0n) is 16.0. The summed E-state index contributed by atoms with van der Waals surface area (Å²) in [6.45, 7) is 5.50. The molecule has 1 aromatic carbocycles. The van der Waals surface area contributed by atoms with Crippen LogP contribution in [-0.2, 0) is 4.74 Å². The first-order valence-electron chi connectivity index (χ1n) is 8.85. The lowest BCUT2D eigenvalue weighted by atomic mass is 10.1. The van der Waals surface area contributed by atoms with E-state index in [1.54, 1.807) is 19.2 Å². The maximum absolute atomic E-state index is 6.15. The van der Waals surface area contributed by atoms with E-state index < -0.39 is 0 Å². The first kappa shape index (κ1) is 22.8. The van der Waals surface area contributed by atoms with E-state index >= 15 is 0 Å². The second kappa shape index (κ2) is 10.9. The van der Waals surface area contributed by atoms with E-state index in [9.17, 15) is 0 Å². The third-order valence-corrected chi connectivity index (χ3v) is 4.73. The smallest absolute Gasteiger partial charge is 0.193 e. The van der Waals surface area contributed by atoms with Crippen LogP contribution >= 0.6 is 35.6 Å². The molecule has 3 N–H and O–H groups in total. The normalized spacial score (nSPS) is 16.3. The van der Waals surface area contributed by atoms with Crippen LogP contribution in [0, 0.1) is 6.92 Å². The molecule has 154 valence electrons. The van der Waals surface area contributed by atoms with E-state index in [0.29, 0.717) is 36.5 Å². The zero-order chi connectivity index (χ0) is 19.2. The maximum Gasteiger partial charge on any atom is 0.193 e. The van der Waals surface area contributed by atoms with E-state index in [1.165, 1.54) is 0 Å². The molecule has 3 rings (SSSR count). The van der Waals surface area contributed by atoms with E-state index in [0.717, 1.165) is 30.3 Å². The highest BCUT2D eigenvalue weighted by Gasteiger charge is 2.25. The summed E-state index contributed by atoms with van der Waals surface area (Å²) >= 11 is 6.15. The Bertz CT molecular complexity index is 793. The minimum atomic E-state index is 0. The van der Waals surface area contributed by atoms with Gasteiger partial charge in [-0.3, -0.25) is 9.89 Å². The Kier molecular flexibility index (Phi) is 8.87. The van der Waals surface area contributed by atoms with Crippen LogP contribution in [0.15, 0.2) is 39.7 Å². The molecule has 0 radical (unpaired) electrons. The topological polar surface area (TPSA) is 85.2 Å². The summed E-state index contributed by atoms with van der Waals surface area (Å²) in [5, 5.41) is 3.57. The highest BCUT2D eigenvalue weighted by atomic mass is 127. The summed E-state index contributed by atoms with van der Waals surface area (Å²) in [4.78, 5) is 6.83. The first-order valence-corrected chi connectivity index (χ1v) is 9.23. The van der Waals surface area contributed by atoms with Crippen LogP contribution in [0.2, 0.25) is 5.02 Å². The number of benzene rings is 1. The van der Waals surface area contributed by atoms with Gasteiger partial charge in [-0.2, -0.15) is 0 Å². The minimum Gasteiger partial charge on any atom is -0.495 e. The highest BCUT2D eigenvalue weighted by molar-refractivity contribution is 14.0. The summed E-state index contributed by atoms with van der Waals surface area (Å²) in [5.74, 6) is 2.70. The fraction of sp³-hybridized carbons (Fsp3) is 0.421. The second-order valence-electron chi connectivity index (χ2n) is 6.31. The van der Waals surface area contributed by atoms with Crippen LogP contribution in [0.5, 0.6) is 5.75 Å². The number of nitrogens with zero attached hydrogens (tertiary/aromatic N) is 2. The van der Waals surface area contributed by atoms with Crippen molar-refractivity contribution in [1.29, 1.82) is 0 Å². The predicted octanol–water partition coefficient (Wildman–Crippen LogP) is 3.67. The van der Waals surface area contributed by atoms with E-state index in [2.05, 4.69) is 15.2 Å². The molecule has 2 aromatic rings. The summed E-state index contributed by atoms with van der Waals surface area (Å²) < 4.78 is 16.5. The lowest BCUT2D eigenvalue weighted by molar-refractivity contribution is 0.0135. The second-order valence-corrected chi connectivity index (χ2v) is 6.72. The number of furan rings is 1. The molecule has 0 spiro atoms. The van der Waals surface area contributed by atoms with Gasteiger partial charge in [-0.15, -0.1) is 24.0 Å². The average molecular weight is 521 g/mol. The number of nitrogens with one attached hydrogen (secondary N) is 1. The number of halogens is 2. The molecule has 0 bridgehead atoms. The molecule has 1 aliphatic heterocycles. The van der Waals surface area contributed by atoms with Gasteiger partial charge in [0.05, 0.1) is 37.9 Å². The first-order chi connectivity index (χ1) is 13.1. The number of aryl methyl sites for hydroxylation is 1. The van der Waals surface area contributed by atoms with Crippen molar-refractivity contribution in [2.75, 3.05) is 45.3 Å². The van der Waals surface area contributed by atoms with Crippen LogP contribution in [-0.4, -0.2) is 50.8 Å². The van der Waals surface area contributed by atoms with Gasteiger partial charge in [0.2, 0.25) is 0 Å². The molecule has 7 nitrogen and oxygen atoms in total. The molecule has 1 atom stereocenters. The molecule has 9 heteroatoms. The predicted molar refractivity (Wildman–Crippen MR) is 122 cm³/mol. The van der Waals surface area contributed by atoms with Crippen molar-refractivity contribution in [3.63, 3.8) is 0 Å². The largest absolute Gasteiger partial charge is 0.495 e. The van der Waals surface area contributed by atoms with Gasteiger partial charge in [-0.25, -0.2) is 0 Å². The van der Waals surface area contributed by atoms with Crippen LogP contribution in [0.4, 0.5) is 5.69 Å². The molecule has 28 heavy (non-hydrogen) atoms. The summed E-state index contributed by atoms with van der Waals surface area (Å²) in [6, 6.07) is 9.34. The number of ether oxygens (including phenoxy) is 2. The fourth-order valence-electron chi connectivity index (χ4n) is 3.02. The lowest BCUT2D eigenvalue weighted by Gasteiger charge is -2.32. The van der Waals surface area contributed by atoms with Gasteiger partial charge >= 0.3 is 0 Å². The summed E-state index contributed by atoms with van der Waals surface area (Å²) in [7, 11) is 1.58. The molecule has 1 saturated heterocycles. The molecule has 0 aliphatic carbocycles. The number of morpholine rings is 1. The van der Waals surface area contributed by atoms with Gasteiger partial charge in [-0.1, -0.05) is 11.6 Å². The SMILES string of the molecule is COc1ccc(NC(N)=NCC(c2ccc(C)o2)N2CCOCC2)cc1Cl.I. The van der Waals surface area contributed by atoms with Gasteiger partial charge in [0.25, 0.3) is 0 Å².